The highest BCUT2D eigenvalue weighted by atomic mass is 32.2. The Morgan fingerprint density at radius 3 is 0.937 bits per heavy atom. The quantitative estimate of drug-likeness (QED) is 0.0112. The molecule has 0 radical (unpaired) electrons. The first-order valence-electron chi connectivity index (χ1n) is 25.0. The number of carbonyl (C=O) groups excluding carboxylic acids is 1. The Labute approximate surface area is 444 Å². The monoisotopic (exact) mass is 1160 g/mol. The summed E-state index contributed by atoms with van der Waals surface area (Å²) in [5, 5.41) is 0. The molecule has 1 nitrogen and oxygen atoms in total. The van der Waals surface area contributed by atoms with Gasteiger partial charge in [0.05, 0.1) is 0 Å². The topological polar surface area (TPSA) is 17.1 Å². The molecular formula is C56H49BF20OS. The second kappa shape index (κ2) is 28.4. The number of ketones is 1. The molecule has 0 spiro atoms. The minimum Gasteiger partial charge on any atom is -0.289 e. The van der Waals surface area contributed by atoms with Crippen LogP contribution in [0.25, 0.3) is 0 Å². The molecule has 428 valence electrons. The van der Waals surface area contributed by atoms with Crippen LogP contribution < -0.4 is 21.9 Å². The van der Waals surface area contributed by atoms with Crippen molar-refractivity contribution in [2.45, 2.75) is 115 Å². The van der Waals surface area contributed by atoms with Crippen LogP contribution in [0, 0.1) is 116 Å². The summed E-state index contributed by atoms with van der Waals surface area (Å²) in [6, 6.07) is 19.1. The van der Waals surface area contributed by atoms with Gasteiger partial charge in [-0.25, -0.2) is 87.8 Å². The number of halogens is 20. The molecule has 23 heteroatoms. The summed E-state index contributed by atoms with van der Waals surface area (Å²) in [6.07, 6.45) is 12.9. The number of aryl methyl sites for hydroxylation is 1. The molecule has 6 rings (SSSR count). The van der Waals surface area contributed by atoms with E-state index in [0.29, 0.717) is 5.75 Å². The van der Waals surface area contributed by atoms with Gasteiger partial charge in [0.1, 0.15) is 58.4 Å². The largest absolute Gasteiger partial charge is 0.289 e. The Morgan fingerprint density at radius 2 is 0.620 bits per heavy atom. The molecule has 0 bridgehead atoms. The predicted octanol–water partition coefficient (Wildman–Crippen LogP) is 15.4. The van der Waals surface area contributed by atoms with Crippen molar-refractivity contribution in [3.05, 3.63) is 182 Å². The summed E-state index contributed by atoms with van der Waals surface area (Å²) < 4.78 is 294. The fourth-order valence-corrected chi connectivity index (χ4v) is 11.5. The number of unbranched alkanes of at least 4 members (excludes halogenated alkanes) is 12. The number of benzene rings is 6. The maximum atomic E-state index is 15.4. The lowest BCUT2D eigenvalue weighted by Crippen LogP contribution is -2.81. The smallest absolute Gasteiger partial charge is 0.212 e. The SMILES string of the molecule is CCCCCCCCCCCCc1ccc([S+](CCCCCC)CC(=O)c2ccccc2)cc1.Fc1c(F)c(F)c([B-](c2c(F)c(F)c(F)c(F)c2F)(c2c(F)c(F)c(F)c(F)c2F)c2c(F)c(F)c(F)c(F)c2F)c(F)c1F. The van der Waals surface area contributed by atoms with Crippen LogP contribution in [0.2, 0.25) is 0 Å². The van der Waals surface area contributed by atoms with Crippen LogP contribution in [-0.4, -0.2) is 23.4 Å². The lowest BCUT2D eigenvalue weighted by Gasteiger charge is -2.44. The van der Waals surface area contributed by atoms with Crippen molar-refractivity contribution in [1.29, 1.82) is 0 Å². The van der Waals surface area contributed by atoms with Gasteiger partial charge in [-0.1, -0.05) is 127 Å². The molecule has 6 aromatic rings. The van der Waals surface area contributed by atoms with E-state index in [1.54, 1.807) is 0 Å². The van der Waals surface area contributed by atoms with Crippen LogP contribution in [0.3, 0.4) is 0 Å². The zero-order valence-corrected chi connectivity index (χ0v) is 43.0. The van der Waals surface area contributed by atoms with E-state index in [4.69, 9.17) is 0 Å². The van der Waals surface area contributed by atoms with Gasteiger partial charge in [-0.05, 0) is 43.4 Å². The van der Waals surface area contributed by atoms with Gasteiger partial charge in [-0.3, -0.25) is 4.79 Å². The fraction of sp³-hybridized carbons (Fsp3) is 0.339. The molecule has 79 heavy (non-hydrogen) atoms. The highest BCUT2D eigenvalue weighted by molar-refractivity contribution is 7.97. The van der Waals surface area contributed by atoms with Crippen molar-refractivity contribution >= 4 is 44.7 Å². The Balaban J connectivity index is 0.000000303. The molecule has 0 aliphatic carbocycles. The normalized spacial score (nSPS) is 12.0. The first-order chi connectivity index (χ1) is 37.4. The maximum Gasteiger partial charge on any atom is 0.212 e. The lowest BCUT2D eigenvalue weighted by molar-refractivity contribution is 0.102. The molecule has 0 aliphatic heterocycles. The van der Waals surface area contributed by atoms with E-state index in [0.717, 1.165) is 11.3 Å². The van der Waals surface area contributed by atoms with E-state index in [-0.39, 0.29) is 16.7 Å². The van der Waals surface area contributed by atoms with Crippen LogP contribution in [0.5, 0.6) is 0 Å². The minimum atomic E-state index is -7.22. The van der Waals surface area contributed by atoms with Crippen LogP contribution >= 0.6 is 0 Å². The summed E-state index contributed by atoms with van der Waals surface area (Å²) in [5.41, 5.74) is -12.0. The summed E-state index contributed by atoms with van der Waals surface area (Å²) in [6.45, 7) is 4.54. The van der Waals surface area contributed by atoms with Gasteiger partial charge >= 0.3 is 0 Å². The highest BCUT2D eigenvalue weighted by Gasteiger charge is 2.52. The van der Waals surface area contributed by atoms with Crippen LogP contribution in [0.1, 0.15) is 120 Å². The zero-order valence-electron chi connectivity index (χ0n) is 42.2. The predicted molar refractivity (Wildman–Crippen MR) is 261 cm³/mol. The molecule has 0 saturated heterocycles. The summed E-state index contributed by atoms with van der Waals surface area (Å²) >= 11 is 0. The second-order valence-electron chi connectivity index (χ2n) is 18.6. The third-order valence-corrected chi connectivity index (χ3v) is 15.8. The number of carbonyl (C=O) groups is 1. The van der Waals surface area contributed by atoms with Crippen molar-refractivity contribution in [2.75, 3.05) is 11.5 Å². The highest BCUT2D eigenvalue weighted by Crippen LogP contribution is 2.31. The van der Waals surface area contributed by atoms with Gasteiger partial charge in [-0.2, -0.15) is 0 Å². The molecule has 1 unspecified atom stereocenters. The fourth-order valence-electron chi connectivity index (χ4n) is 9.38. The van der Waals surface area contributed by atoms with E-state index >= 15 is 35.1 Å². The zero-order chi connectivity index (χ0) is 58.6. The Kier molecular flexibility index (Phi) is 23.0. The molecule has 1 atom stereocenters. The van der Waals surface area contributed by atoms with Gasteiger partial charge in [-0.15, -0.1) is 21.9 Å². The molecule has 0 saturated carbocycles. The van der Waals surface area contributed by atoms with Gasteiger partial charge in [0.15, 0.2) is 80.5 Å². The Hall–Kier alpha value is -6.00. The molecular weight excluding hydrogens is 1110 g/mol. The van der Waals surface area contributed by atoms with E-state index in [2.05, 4.69) is 38.1 Å². The number of hydrogen-bond donors (Lipinski definition) is 0. The third kappa shape index (κ3) is 13.4. The van der Waals surface area contributed by atoms with Crippen LogP contribution in [0.4, 0.5) is 87.8 Å². The first kappa shape index (κ1) is 63.8. The average molecular weight is 1160 g/mol. The van der Waals surface area contributed by atoms with Gasteiger partial charge < -0.3 is 0 Å². The molecule has 0 N–H and O–H groups in total. The number of hydrogen-bond acceptors (Lipinski definition) is 1. The van der Waals surface area contributed by atoms with Crippen molar-refractivity contribution in [3.8, 4) is 0 Å². The van der Waals surface area contributed by atoms with Crippen molar-refractivity contribution < 1.29 is 92.6 Å². The second-order valence-corrected chi connectivity index (χ2v) is 20.7. The Bertz CT molecular complexity index is 2720. The Morgan fingerprint density at radius 1 is 0.342 bits per heavy atom. The molecule has 6 aromatic carbocycles. The molecule has 0 heterocycles. The van der Waals surface area contributed by atoms with Crippen LogP contribution in [0.15, 0.2) is 59.5 Å². The summed E-state index contributed by atoms with van der Waals surface area (Å²) in [7, 11) is 0.00565. The van der Waals surface area contributed by atoms with Gasteiger partial charge in [0.2, 0.25) is 5.78 Å². The summed E-state index contributed by atoms with van der Waals surface area (Å²) in [4.78, 5) is 14.3. The van der Waals surface area contributed by atoms with Crippen molar-refractivity contribution in [3.63, 3.8) is 0 Å². The van der Waals surface area contributed by atoms with Crippen molar-refractivity contribution in [1.82, 2.24) is 0 Å². The van der Waals surface area contributed by atoms with E-state index in [1.807, 2.05) is 30.3 Å². The third-order valence-electron chi connectivity index (χ3n) is 13.4. The van der Waals surface area contributed by atoms with Crippen LogP contribution in [-0.2, 0) is 17.3 Å². The first-order valence-corrected chi connectivity index (χ1v) is 26.6. The molecule has 0 aliphatic rings. The molecule has 0 fully saturated rings. The van der Waals surface area contributed by atoms with Crippen molar-refractivity contribution in [2.24, 2.45) is 0 Å². The summed E-state index contributed by atoms with van der Waals surface area (Å²) in [5.74, 6) is -69.3. The molecule has 0 aromatic heterocycles. The van der Waals surface area contributed by atoms with E-state index < -0.39 is 144 Å². The van der Waals surface area contributed by atoms with Gasteiger partial charge in [0.25, 0.3) is 0 Å². The number of Topliss-reactive ketones (excluding diaryl/α,β-unsaturated/α-hetero) is 1. The average Bonchev–Trinajstić information content (AvgIpc) is 3.52. The lowest BCUT2D eigenvalue weighted by atomic mass is 9.12. The standard InChI is InChI=1S/C32H49OS.C24BF20/c1-3-5-7-9-10-11-12-13-14-16-20-29-23-25-31(26-24-29)34(27-19-8-6-4-2)28-32(33)30-21-17-15-18-22-30;26-5-1(6(27)14(35)21(42)13(5)34)25(2-7(28)15(36)22(43)16(37)8(2)29,3-9(30)17(38)23(44)18(39)10(3)31)4-11(32)19(40)24(45)20(41)12(4)33/h15,17-18,21-26H,3-14,16,19-20,27-28H2,1-2H3;/q+1;-1. The van der Waals surface area contributed by atoms with E-state index in [1.165, 1.54) is 107 Å². The number of rotatable bonds is 24. The van der Waals surface area contributed by atoms with E-state index in [9.17, 15) is 57.5 Å². The molecule has 0 amide bonds. The maximum absolute atomic E-state index is 15.4. The minimum absolute atomic E-state index is 0.00565. The van der Waals surface area contributed by atoms with Gasteiger partial charge in [0, 0.05) is 16.5 Å².